The molecule has 0 saturated heterocycles. The molecule has 0 amide bonds. The van der Waals surface area contributed by atoms with E-state index in [0.29, 0.717) is 0 Å². The maximum atomic E-state index is 6.09. The van der Waals surface area contributed by atoms with Gasteiger partial charge in [0.05, 0.1) is 0 Å². The topological polar surface area (TPSA) is 42.1 Å². The number of hydrogen-bond acceptors (Lipinski definition) is 3. The molecule has 0 aromatic carbocycles. The average Bonchev–Trinajstić information content (AvgIpc) is 2.37. The zero-order valence-electron chi connectivity index (χ0n) is 12.2. The summed E-state index contributed by atoms with van der Waals surface area (Å²) < 4.78 is 0. The molecule has 0 radical (unpaired) electrons. The molecule has 18 heavy (non-hydrogen) atoms. The van der Waals surface area contributed by atoms with E-state index in [9.17, 15) is 0 Å². The molecule has 3 nitrogen and oxygen atoms in total. The Hall–Kier alpha value is -1.09. The summed E-state index contributed by atoms with van der Waals surface area (Å²) in [7, 11) is 0. The number of hydrogen-bond donors (Lipinski definition) is 1. The lowest BCUT2D eigenvalue weighted by Gasteiger charge is -2.24. The number of rotatable bonds is 7. The Labute approximate surface area is 111 Å². The van der Waals surface area contributed by atoms with Crippen LogP contribution in [0.15, 0.2) is 12.3 Å². The van der Waals surface area contributed by atoms with Crippen molar-refractivity contribution in [3.8, 4) is 0 Å². The third-order valence-corrected chi connectivity index (χ3v) is 3.29. The molecule has 0 unspecified atom stereocenters. The number of anilines is 1. The van der Waals surface area contributed by atoms with Crippen molar-refractivity contribution in [1.29, 1.82) is 0 Å². The van der Waals surface area contributed by atoms with Crippen LogP contribution in [0.5, 0.6) is 0 Å². The number of pyridine rings is 1. The molecule has 1 atom stereocenters. The van der Waals surface area contributed by atoms with Gasteiger partial charge in [0.1, 0.15) is 5.82 Å². The number of nitrogens with zero attached hydrogens (tertiary/aromatic N) is 2. The lowest BCUT2D eigenvalue weighted by molar-refractivity contribution is 0.686. The van der Waals surface area contributed by atoms with Crippen LogP contribution in [-0.4, -0.2) is 18.1 Å². The monoisotopic (exact) mass is 249 g/mol. The van der Waals surface area contributed by atoms with E-state index in [2.05, 4.69) is 43.6 Å². The summed E-state index contributed by atoms with van der Waals surface area (Å²) >= 11 is 0. The first-order valence-corrected chi connectivity index (χ1v) is 7.11. The van der Waals surface area contributed by atoms with Gasteiger partial charge in [-0.05, 0) is 43.4 Å². The van der Waals surface area contributed by atoms with E-state index in [-0.39, 0.29) is 6.04 Å². The van der Waals surface area contributed by atoms with Crippen LogP contribution in [0.3, 0.4) is 0 Å². The average molecular weight is 249 g/mol. The van der Waals surface area contributed by atoms with Gasteiger partial charge in [-0.25, -0.2) is 4.98 Å². The minimum absolute atomic E-state index is 0.109. The van der Waals surface area contributed by atoms with Gasteiger partial charge in [0.2, 0.25) is 0 Å². The molecule has 0 aliphatic heterocycles. The third-order valence-electron chi connectivity index (χ3n) is 3.29. The van der Waals surface area contributed by atoms with Gasteiger partial charge in [0.15, 0.2) is 0 Å². The molecule has 1 rings (SSSR count). The Kier molecular flexibility index (Phi) is 6.13. The van der Waals surface area contributed by atoms with Gasteiger partial charge in [0.25, 0.3) is 0 Å². The van der Waals surface area contributed by atoms with Gasteiger partial charge >= 0.3 is 0 Å². The Morgan fingerprint density at radius 3 is 2.28 bits per heavy atom. The highest BCUT2D eigenvalue weighted by atomic mass is 15.2. The van der Waals surface area contributed by atoms with E-state index in [1.807, 2.05) is 6.20 Å². The van der Waals surface area contributed by atoms with Crippen molar-refractivity contribution in [1.82, 2.24) is 4.98 Å². The molecule has 0 bridgehead atoms. The third kappa shape index (κ3) is 3.70. The van der Waals surface area contributed by atoms with Gasteiger partial charge in [-0.2, -0.15) is 0 Å². The normalized spacial score (nSPS) is 12.5. The van der Waals surface area contributed by atoms with E-state index < -0.39 is 0 Å². The summed E-state index contributed by atoms with van der Waals surface area (Å²) in [4.78, 5) is 6.95. The highest BCUT2D eigenvalue weighted by Gasteiger charge is 2.11. The first kappa shape index (κ1) is 15.0. The van der Waals surface area contributed by atoms with E-state index >= 15 is 0 Å². The van der Waals surface area contributed by atoms with Crippen LogP contribution >= 0.6 is 0 Å². The second-order valence-electron chi connectivity index (χ2n) is 4.90. The van der Waals surface area contributed by atoms with Crippen LogP contribution in [0.1, 0.15) is 57.2 Å². The van der Waals surface area contributed by atoms with Crippen molar-refractivity contribution in [2.45, 2.75) is 53.0 Å². The van der Waals surface area contributed by atoms with Crippen LogP contribution in [0, 0.1) is 6.92 Å². The van der Waals surface area contributed by atoms with Crippen molar-refractivity contribution in [3.05, 3.63) is 23.4 Å². The molecule has 0 aliphatic rings. The second kappa shape index (κ2) is 7.37. The first-order chi connectivity index (χ1) is 8.63. The minimum atomic E-state index is 0.109. The van der Waals surface area contributed by atoms with E-state index in [1.54, 1.807) is 0 Å². The Balaban J connectivity index is 2.93. The minimum Gasteiger partial charge on any atom is -0.357 e. The molecule has 102 valence electrons. The standard InChI is InChI=1S/C15H27N3/c1-5-8-18(9-6-2)15-10-12(4)13(11-17-15)14(16)7-3/h10-11,14H,5-9,16H2,1-4H3/t14-/m1/s1. The second-order valence-corrected chi connectivity index (χ2v) is 4.90. The van der Waals surface area contributed by atoms with Crippen molar-refractivity contribution in [2.24, 2.45) is 5.73 Å². The molecule has 0 aliphatic carbocycles. The van der Waals surface area contributed by atoms with Crippen molar-refractivity contribution in [2.75, 3.05) is 18.0 Å². The van der Waals surface area contributed by atoms with Crippen LogP contribution in [0.2, 0.25) is 0 Å². The van der Waals surface area contributed by atoms with Crippen LogP contribution in [0.4, 0.5) is 5.82 Å². The van der Waals surface area contributed by atoms with Gasteiger partial charge < -0.3 is 10.6 Å². The molecule has 0 fully saturated rings. The fourth-order valence-electron chi connectivity index (χ4n) is 2.21. The first-order valence-electron chi connectivity index (χ1n) is 7.11. The molecule has 1 aromatic rings. The molecule has 1 heterocycles. The molecule has 1 aromatic heterocycles. The molecule has 0 spiro atoms. The summed E-state index contributed by atoms with van der Waals surface area (Å²) in [5.74, 6) is 1.09. The van der Waals surface area contributed by atoms with Crippen molar-refractivity contribution in [3.63, 3.8) is 0 Å². The van der Waals surface area contributed by atoms with Gasteiger partial charge in [0, 0.05) is 25.3 Å². The molecule has 3 heteroatoms. The maximum absolute atomic E-state index is 6.09. The largest absolute Gasteiger partial charge is 0.357 e. The summed E-state index contributed by atoms with van der Waals surface area (Å²) in [6.07, 6.45) is 5.21. The van der Waals surface area contributed by atoms with E-state index in [0.717, 1.165) is 38.2 Å². The van der Waals surface area contributed by atoms with Crippen molar-refractivity contribution < 1.29 is 0 Å². The Morgan fingerprint density at radius 1 is 1.22 bits per heavy atom. The smallest absolute Gasteiger partial charge is 0.128 e. The lowest BCUT2D eigenvalue weighted by Crippen LogP contribution is -2.26. The Bertz CT molecular complexity index is 357. The highest BCUT2D eigenvalue weighted by Crippen LogP contribution is 2.21. The molecular formula is C15H27N3. The van der Waals surface area contributed by atoms with E-state index in [1.165, 1.54) is 11.1 Å². The van der Waals surface area contributed by atoms with Gasteiger partial charge in [-0.1, -0.05) is 20.8 Å². The van der Waals surface area contributed by atoms with Crippen LogP contribution in [-0.2, 0) is 0 Å². The number of aromatic nitrogens is 1. The fourth-order valence-corrected chi connectivity index (χ4v) is 2.21. The van der Waals surface area contributed by atoms with Gasteiger partial charge in [-0.15, -0.1) is 0 Å². The summed E-state index contributed by atoms with van der Waals surface area (Å²) in [5.41, 5.74) is 8.52. The molecular weight excluding hydrogens is 222 g/mol. The summed E-state index contributed by atoms with van der Waals surface area (Å²) in [5, 5.41) is 0. The van der Waals surface area contributed by atoms with Crippen molar-refractivity contribution >= 4 is 5.82 Å². The Morgan fingerprint density at radius 2 is 1.83 bits per heavy atom. The predicted molar refractivity (Wildman–Crippen MR) is 79.0 cm³/mol. The SMILES string of the molecule is CCCN(CCC)c1cc(C)c([C@H](N)CC)cn1. The highest BCUT2D eigenvalue weighted by molar-refractivity contribution is 5.44. The van der Waals surface area contributed by atoms with Crippen LogP contribution in [0.25, 0.3) is 0 Å². The maximum Gasteiger partial charge on any atom is 0.128 e. The lowest BCUT2D eigenvalue weighted by atomic mass is 10.0. The summed E-state index contributed by atoms with van der Waals surface area (Å²) in [6, 6.07) is 2.29. The number of aryl methyl sites for hydroxylation is 1. The summed E-state index contributed by atoms with van der Waals surface area (Å²) in [6.45, 7) is 10.8. The fraction of sp³-hybridized carbons (Fsp3) is 0.667. The quantitative estimate of drug-likeness (QED) is 0.805. The van der Waals surface area contributed by atoms with Gasteiger partial charge in [-0.3, -0.25) is 0 Å². The molecule has 2 N–H and O–H groups in total. The number of nitrogens with two attached hydrogens (primary N) is 1. The zero-order chi connectivity index (χ0) is 13.5. The van der Waals surface area contributed by atoms with E-state index in [4.69, 9.17) is 5.73 Å². The predicted octanol–water partition coefficient (Wildman–Crippen LogP) is 3.43. The zero-order valence-corrected chi connectivity index (χ0v) is 12.2. The molecule has 0 saturated carbocycles. The van der Waals surface area contributed by atoms with Crippen LogP contribution < -0.4 is 10.6 Å².